The second-order valence-electron chi connectivity index (χ2n) is 8.26. The monoisotopic (exact) mass is 450 g/mol. The van der Waals surface area contributed by atoms with Gasteiger partial charge in [0.2, 0.25) is 5.91 Å². The Bertz CT molecular complexity index is 1030. The van der Waals surface area contributed by atoms with Crippen LogP contribution in [0.15, 0.2) is 53.6 Å². The van der Waals surface area contributed by atoms with Gasteiger partial charge in [0.05, 0.1) is 32.5 Å². The Labute approximate surface area is 194 Å². The maximum absolute atomic E-state index is 13.4. The van der Waals surface area contributed by atoms with Crippen molar-refractivity contribution in [3.63, 3.8) is 0 Å². The Morgan fingerprint density at radius 3 is 2.30 bits per heavy atom. The van der Waals surface area contributed by atoms with Gasteiger partial charge in [-0.1, -0.05) is 18.2 Å². The van der Waals surface area contributed by atoms with E-state index in [0.717, 1.165) is 28.3 Å². The van der Waals surface area contributed by atoms with Crippen molar-refractivity contribution >= 4 is 17.5 Å². The predicted octanol–water partition coefficient (Wildman–Crippen LogP) is 2.55. The summed E-state index contributed by atoms with van der Waals surface area (Å²) in [4.78, 5) is 28.9. The average molecular weight is 451 g/mol. The Morgan fingerprint density at radius 2 is 1.67 bits per heavy atom. The summed E-state index contributed by atoms with van der Waals surface area (Å²) < 4.78 is 10.9. The summed E-state index contributed by atoms with van der Waals surface area (Å²) in [5.41, 5.74) is 2.74. The number of hydrogen-bond donors (Lipinski definition) is 0. The molecule has 0 aromatic heterocycles. The Hall–Kier alpha value is -3.39. The normalized spacial score (nSPS) is 18.8. The second-order valence-corrected chi connectivity index (χ2v) is 8.26. The lowest BCUT2D eigenvalue weighted by molar-refractivity contribution is -0.135. The number of amides is 2. The third-order valence-corrected chi connectivity index (χ3v) is 6.26. The molecule has 0 saturated carbocycles. The molecule has 2 aromatic rings. The zero-order valence-corrected chi connectivity index (χ0v) is 19.4. The van der Waals surface area contributed by atoms with Gasteiger partial charge in [0.1, 0.15) is 11.5 Å². The summed E-state index contributed by atoms with van der Waals surface area (Å²) >= 11 is 0. The molecule has 2 heterocycles. The van der Waals surface area contributed by atoms with E-state index in [2.05, 4.69) is 4.90 Å². The van der Waals surface area contributed by atoms with E-state index >= 15 is 0 Å². The van der Waals surface area contributed by atoms with Gasteiger partial charge in [-0.3, -0.25) is 14.5 Å². The zero-order valence-electron chi connectivity index (χ0n) is 19.4. The smallest absolute Gasteiger partial charge is 0.257 e. The van der Waals surface area contributed by atoms with Crippen molar-refractivity contribution in [1.29, 1.82) is 0 Å². The zero-order chi connectivity index (χ0) is 23.4. The van der Waals surface area contributed by atoms with Crippen molar-refractivity contribution in [3.05, 3.63) is 59.7 Å². The molecule has 0 N–H and O–H groups in total. The summed E-state index contributed by atoms with van der Waals surface area (Å²) in [6.45, 7) is 4.47. The largest absolute Gasteiger partial charge is 0.497 e. The quantitative estimate of drug-likeness (QED) is 0.676. The van der Waals surface area contributed by atoms with Crippen molar-refractivity contribution in [3.8, 4) is 11.5 Å². The highest BCUT2D eigenvalue weighted by Crippen LogP contribution is 2.37. The lowest BCUT2D eigenvalue weighted by Gasteiger charge is -2.34. The minimum Gasteiger partial charge on any atom is -0.497 e. The topological polar surface area (TPSA) is 74.7 Å². The van der Waals surface area contributed by atoms with Crippen LogP contribution < -0.4 is 9.47 Å². The third-order valence-electron chi connectivity index (χ3n) is 6.26. The molecule has 0 bridgehead atoms. The molecular formula is C25H30N4O4. The first-order chi connectivity index (χ1) is 16.0. The number of para-hydroxylation sites is 1. The summed E-state index contributed by atoms with van der Waals surface area (Å²) in [5.74, 6) is 1.52. The maximum atomic E-state index is 13.4. The molecule has 2 aromatic carbocycles. The first kappa shape index (κ1) is 22.8. The first-order valence-electron chi connectivity index (χ1n) is 11.1. The van der Waals surface area contributed by atoms with Crippen LogP contribution in [-0.4, -0.2) is 79.3 Å². The number of hydrazone groups is 1. The predicted molar refractivity (Wildman–Crippen MR) is 125 cm³/mol. The van der Waals surface area contributed by atoms with Crippen LogP contribution in [0.4, 0.5) is 0 Å². The van der Waals surface area contributed by atoms with E-state index in [1.54, 1.807) is 26.2 Å². The van der Waals surface area contributed by atoms with Crippen LogP contribution in [0.5, 0.6) is 11.5 Å². The van der Waals surface area contributed by atoms with Gasteiger partial charge in [-0.15, -0.1) is 0 Å². The minimum atomic E-state index is -0.246. The second kappa shape index (κ2) is 10.0. The van der Waals surface area contributed by atoms with Gasteiger partial charge >= 0.3 is 0 Å². The van der Waals surface area contributed by atoms with E-state index in [9.17, 15) is 9.59 Å². The van der Waals surface area contributed by atoms with Gasteiger partial charge < -0.3 is 14.4 Å². The van der Waals surface area contributed by atoms with Gasteiger partial charge in [0.25, 0.3) is 5.91 Å². The van der Waals surface area contributed by atoms with Crippen molar-refractivity contribution < 1.29 is 19.1 Å². The van der Waals surface area contributed by atoms with Crippen LogP contribution in [0.2, 0.25) is 0 Å². The van der Waals surface area contributed by atoms with E-state index in [0.29, 0.717) is 32.6 Å². The minimum absolute atomic E-state index is 0.0642. The van der Waals surface area contributed by atoms with Crippen molar-refractivity contribution in [2.24, 2.45) is 5.10 Å². The van der Waals surface area contributed by atoms with Gasteiger partial charge in [-0.05, 0) is 35.9 Å². The molecule has 8 heteroatoms. The van der Waals surface area contributed by atoms with Gasteiger partial charge in [0, 0.05) is 45.1 Å². The molecule has 2 amide bonds. The number of methoxy groups -OCH3 is 2. The summed E-state index contributed by atoms with van der Waals surface area (Å²) in [5, 5.41) is 6.37. The van der Waals surface area contributed by atoms with Crippen molar-refractivity contribution in [2.75, 3.05) is 46.9 Å². The maximum Gasteiger partial charge on any atom is 0.257 e. The van der Waals surface area contributed by atoms with E-state index in [-0.39, 0.29) is 24.4 Å². The Kier molecular flexibility index (Phi) is 6.93. The molecule has 1 atom stereocenters. The number of benzene rings is 2. The lowest BCUT2D eigenvalue weighted by atomic mass is 9.97. The number of rotatable bonds is 6. The average Bonchev–Trinajstić information content (AvgIpc) is 3.30. The molecule has 1 unspecified atom stereocenters. The van der Waals surface area contributed by atoms with Gasteiger partial charge in [-0.25, -0.2) is 5.01 Å². The number of carbonyl (C=O) groups excluding carboxylic acids is 2. The Morgan fingerprint density at radius 1 is 0.970 bits per heavy atom. The third kappa shape index (κ3) is 5.01. The molecular weight excluding hydrogens is 420 g/mol. The highest BCUT2D eigenvalue weighted by Gasteiger charge is 2.35. The van der Waals surface area contributed by atoms with Crippen LogP contribution in [0.1, 0.15) is 30.5 Å². The van der Waals surface area contributed by atoms with Crippen LogP contribution in [0, 0.1) is 0 Å². The standard InChI is InChI=1S/C25H30N4O4/c1-18(30)28-14-12-27(13-15-28)17-25(31)29-23(21-6-4-5-7-24(21)33-3)16-22(26-29)19-8-10-20(32-2)11-9-19/h4-11,23H,12-17H2,1-3H3. The van der Waals surface area contributed by atoms with Crippen LogP contribution in [0.3, 0.4) is 0 Å². The molecule has 2 aliphatic rings. The molecule has 174 valence electrons. The summed E-state index contributed by atoms with van der Waals surface area (Å²) in [6.07, 6.45) is 0.594. The molecule has 8 nitrogen and oxygen atoms in total. The fraction of sp³-hybridized carbons (Fsp3) is 0.400. The summed E-state index contributed by atoms with van der Waals surface area (Å²) in [6, 6.07) is 15.2. The molecule has 0 spiro atoms. The highest BCUT2D eigenvalue weighted by molar-refractivity contribution is 6.03. The molecule has 0 radical (unpaired) electrons. The lowest BCUT2D eigenvalue weighted by Crippen LogP contribution is -2.50. The number of hydrogen-bond acceptors (Lipinski definition) is 6. The number of piperazine rings is 1. The van der Waals surface area contributed by atoms with Crippen molar-refractivity contribution in [2.45, 2.75) is 19.4 Å². The van der Waals surface area contributed by atoms with E-state index in [1.165, 1.54) is 0 Å². The summed E-state index contributed by atoms with van der Waals surface area (Å²) in [7, 11) is 3.27. The molecule has 0 aliphatic carbocycles. The molecule has 33 heavy (non-hydrogen) atoms. The fourth-order valence-corrected chi connectivity index (χ4v) is 4.37. The van der Waals surface area contributed by atoms with E-state index in [1.807, 2.05) is 53.4 Å². The molecule has 2 aliphatic heterocycles. The Balaban J connectivity index is 1.57. The van der Waals surface area contributed by atoms with Crippen LogP contribution >= 0.6 is 0 Å². The number of ether oxygens (including phenoxy) is 2. The highest BCUT2D eigenvalue weighted by atomic mass is 16.5. The molecule has 4 rings (SSSR count). The first-order valence-corrected chi connectivity index (χ1v) is 11.1. The number of nitrogens with zero attached hydrogens (tertiary/aromatic N) is 4. The van der Waals surface area contributed by atoms with Gasteiger partial charge in [0.15, 0.2) is 0 Å². The molecule has 1 fully saturated rings. The fourth-order valence-electron chi connectivity index (χ4n) is 4.37. The van der Waals surface area contributed by atoms with Crippen LogP contribution in [0.25, 0.3) is 0 Å². The molecule has 1 saturated heterocycles. The van der Waals surface area contributed by atoms with E-state index < -0.39 is 0 Å². The van der Waals surface area contributed by atoms with Crippen LogP contribution in [-0.2, 0) is 9.59 Å². The van der Waals surface area contributed by atoms with Crippen molar-refractivity contribution in [1.82, 2.24) is 14.8 Å². The van der Waals surface area contributed by atoms with E-state index in [4.69, 9.17) is 14.6 Å². The van der Waals surface area contributed by atoms with Gasteiger partial charge in [-0.2, -0.15) is 5.10 Å². The SMILES string of the molecule is COc1ccc(C2=NN(C(=O)CN3CCN(C(C)=O)CC3)C(c3ccccc3OC)C2)cc1. The number of carbonyl (C=O) groups is 2.